The Hall–Kier alpha value is -2.11. The number of hydrogen-bond acceptors (Lipinski definition) is 4. The number of unbranched alkanes of at least 4 members (excludes halogenated alkanes) is 1. The Kier molecular flexibility index (Phi) is 6.12. The quantitative estimate of drug-likeness (QED) is 0.757. The molecule has 2 aliphatic rings. The minimum absolute atomic E-state index is 0.00184. The van der Waals surface area contributed by atoms with E-state index in [1.165, 1.54) is 0 Å². The van der Waals surface area contributed by atoms with Crippen LogP contribution in [0.5, 0.6) is 0 Å². The molecule has 1 atom stereocenters. The van der Waals surface area contributed by atoms with Gasteiger partial charge in [-0.05, 0) is 37.3 Å². The lowest BCUT2D eigenvalue weighted by Gasteiger charge is -2.47. The summed E-state index contributed by atoms with van der Waals surface area (Å²) in [5.74, 6) is 0.196. The Bertz CT molecular complexity index is 622. The first-order valence-electron chi connectivity index (χ1n) is 9.70. The Morgan fingerprint density at radius 1 is 1.35 bits per heavy atom. The number of pyridine rings is 1. The fourth-order valence-electron chi connectivity index (χ4n) is 4.05. The zero-order valence-electron chi connectivity index (χ0n) is 15.7. The molecule has 1 aromatic heterocycles. The van der Waals surface area contributed by atoms with Gasteiger partial charge in [0.25, 0.3) is 0 Å². The van der Waals surface area contributed by atoms with Crippen LogP contribution in [0, 0.1) is 5.41 Å². The van der Waals surface area contributed by atoms with E-state index in [-0.39, 0.29) is 17.4 Å². The second-order valence-corrected chi connectivity index (χ2v) is 7.60. The minimum atomic E-state index is -0.201. The molecule has 0 bridgehead atoms. The first kappa shape index (κ1) is 18.7. The van der Waals surface area contributed by atoms with Crippen LogP contribution in [0.3, 0.4) is 0 Å². The molecule has 3 rings (SSSR count). The van der Waals surface area contributed by atoms with Gasteiger partial charge in [0.1, 0.15) is 0 Å². The fourth-order valence-corrected chi connectivity index (χ4v) is 4.05. The molecule has 0 N–H and O–H groups in total. The lowest BCUT2D eigenvalue weighted by Crippen LogP contribution is -2.54. The van der Waals surface area contributed by atoms with E-state index < -0.39 is 0 Å². The summed E-state index contributed by atoms with van der Waals surface area (Å²) in [6.45, 7) is 5.32. The zero-order chi connectivity index (χ0) is 18.4. The third-order valence-corrected chi connectivity index (χ3v) is 5.49. The van der Waals surface area contributed by atoms with Crippen LogP contribution in [0.4, 0.5) is 4.79 Å². The normalized spacial score (nSPS) is 23.3. The van der Waals surface area contributed by atoms with Gasteiger partial charge in [-0.25, -0.2) is 4.79 Å². The van der Waals surface area contributed by atoms with Crippen molar-refractivity contribution < 1.29 is 14.3 Å². The number of hydrogen-bond donors (Lipinski definition) is 0. The average Bonchev–Trinajstić information content (AvgIpc) is 2.66. The number of amides is 2. The van der Waals surface area contributed by atoms with Gasteiger partial charge < -0.3 is 14.5 Å². The molecular weight excluding hydrogens is 330 g/mol. The van der Waals surface area contributed by atoms with Crippen molar-refractivity contribution in [2.24, 2.45) is 5.41 Å². The first-order valence-corrected chi connectivity index (χ1v) is 9.70. The van der Waals surface area contributed by atoms with Crippen molar-refractivity contribution in [2.45, 2.75) is 52.0 Å². The number of aromatic nitrogens is 1. The Morgan fingerprint density at radius 3 is 3.00 bits per heavy atom. The average molecular weight is 359 g/mol. The summed E-state index contributed by atoms with van der Waals surface area (Å²) in [4.78, 5) is 32.7. The van der Waals surface area contributed by atoms with Gasteiger partial charge in [0, 0.05) is 50.4 Å². The van der Waals surface area contributed by atoms with E-state index in [4.69, 9.17) is 4.74 Å². The lowest BCUT2D eigenvalue weighted by molar-refractivity contribution is -0.139. The molecule has 2 aliphatic heterocycles. The van der Waals surface area contributed by atoms with Gasteiger partial charge in [-0.2, -0.15) is 0 Å². The molecule has 2 saturated heterocycles. The summed E-state index contributed by atoms with van der Waals surface area (Å²) in [6.07, 6.45) is 8.71. The van der Waals surface area contributed by atoms with Crippen LogP contribution < -0.4 is 0 Å². The Morgan fingerprint density at radius 2 is 2.23 bits per heavy atom. The Labute approximate surface area is 155 Å². The van der Waals surface area contributed by atoms with Crippen molar-refractivity contribution in [3.63, 3.8) is 0 Å². The number of likely N-dealkylation sites (tertiary alicyclic amines) is 2. The van der Waals surface area contributed by atoms with Crippen LogP contribution in [-0.4, -0.2) is 53.0 Å². The van der Waals surface area contributed by atoms with Crippen molar-refractivity contribution in [1.82, 2.24) is 14.8 Å². The van der Waals surface area contributed by atoms with Crippen LogP contribution in [0.2, 0.25) is 0 Å². The predicted octanol–water partition coefficient (Wildman–Crippen LogP) is 3.22. The molecule has 0 unspecified atom stereocenters. The van der Waals surface area contributed by atoms with E-state index in [0.717, 1.165) is 44.2 Å². The van der Waals surface area contributed by atoms with Crippen molar-refractivity contribution in [2.75, 3.05) is 26.2 Å². The predicted molar refractivity (Wildman–Crippen MR) is 98.4 cm³/mol. The SMILES string of the molecule is CCCCOC(=O)N1CCC[C@@]2(CCC(=O)N(Cc3cccnc3)C2)C1. The van der Waals surface area contributed by atoms with E-state index in [0.29, 0.717) is 32.7 Å². The van der Waals surface area contributed by atoms with E-state index in [2.05, 4.69) is 11.9 Å². The van der Waals surface area contributed by atoms with E-state index >= 15 is 0 Å². The van der Waals surface area contributed by atoms with Gasteiger partial charge >= 0.3 is 6.09 Å². The van der Waals surface area contributed by atoms with Gasteiger partial charge in [-0.1, -0.05) is 19.4 Å². The maximum absolute atomic E-state index is 12.4. The zero-order valence-corrected chi connectivity index (χ0v) is 15.7. The van der Waals surface area contributed by atoms with Gasteiger partial charge in [-0.15, -0.1) is 0 Å². The number of carbonyl (C=O) groups excluding carboxylic acids is 2. The number of piperidine rings is 2. The summed E-state index contributed by atoms with van der Waals surface area (Å²) >= 11 is 0. The topological polar surface area (TPSA) is 62.7 Å². The molecule has 0 saturated carbocycles. The highest BCUT2D eigenvalue weighted by Crippen LogP contribution is 2.39. The maximum atomic E-state index is 12.4. The van der Waals surface area contributed by atoms with Crippen molar-refractivity contribution in [1.29, 1.82) is 0 Å². The van der Waals surface area contributed by atoms with Gasteiger partial charge in [0.2, 0.25) is 5.91 Å². The summed E-state index contributed by atoms with van der Waals surface area (Å²) in [5, 5.41) is 0. The molecular formula is C20H29N3O3. The van der Waals surface area contributed by atoms with Crippen LogP contribution >= 0.6 is 0 Å². The van der Waals surface area contributed by atoms with Gasteiger partial charge in [0.15, 0.2) is 0 Å². The van der Waals surface area contributed by atoms with Crippen LogP contribution in [0.1, 0.15) is 51.0 Å². The fraction of sp³-hybridized carbons (Fsp3) is 0.650. The molecule has 1 aromatic rings. The highest BCUT2D eigenvalue weighted by atomic mass is 16.6. The molecule has 0 radical (unpaired) electrons. The van der Waals surface area contributed by atoms with Crippen molar-refractivity contribution in [3.8, 4) is 0 Å². The summed E-state index contributed by atoms with van der Waals surface area (Å²) in [5.41, 5.74) is 1.04. The number of carbonyl (C=O) groups is 2. The molecule has 3 heterocycles. The highest BCUT2D eigenvalue weighted by molar-refractivity contribution is 5.77. The van der Waals surface area contributed by atoms with Crippen molar-refractivity contribution in [3.05, 3.63) is 30.1 Å². The molecule has 142 valence electrons. The molecule has 6 heteroatoms. The number of nitrogens with zero attached hydrogens (tertiary/aromatic N) is 3. The Balaban J connectivity index is 1.62. The van der Waals surface area contributed by atoms with Crippen LogP contribution in [0.25, 0.3) is 0 Å². The lowest BCUT2D eigenvalue weighted by atomic mass is 9.73. The maximum Gasteiger partial charge on any atom is 0.409 e. The van der Waals surface area contributed by atoms with Crippen LogP contribution in [0.15, 0.2) is 24.5 Å². The van der Waals surface area contributed by atoms with Crippen LogP contribution in [-0.2, 0) is 16.1 Å². The van der Waals surface area contributed by atoms with E-state index in [1.54, 1.807) is 6.20 Å². The highest BCUT2D eigenvalue weighted by Gasteiger charge is 2.43. The smallest absolute Gasteiger partial charge is 0.409 e. The molecule has 1 spiro atoms. The second kappa shape index (κ2) is 8.52. The van der Waals surface area contributed by atoms with Gasteiger partial charge in [-0.3, -0.25) is 9.78 Å². The largest absolute Gasteiger partial charge is 0.449 e. The molecule has 6 nitrogen and oxygen atoms in total. The first-order chi connectivity index (χ1) is 12.6. The van der Waals surface area contributed by atoms with Crippen molar-refractivity contribution >= 4 is 12.0 Å². The van der Waals surface area contributed by atoms with Gasteiger partial charge in [0.05, 0.1) is 6.61 Å². The molecule has 26 heavy (non-hydrogen) atoms. The molecule has 2 amide bonds. The number of rotatable bonds is 5. The summed E-state index contributed by atoms with van der Waals surface area (Å²) in [7, 11) is 0. The number of ether oxygens (including phenoxy) is 1. The summed E-state index contributed by atoms with van der Waals surface area (Å²) < 4.78 is 5.40. The third kappa shape index (κ3) is 4.54. The summed E-state index contributed by atoms with van der Waals surface area (Å²) in [6, 6.07) is 3.90. The van der Waals surface area contributed by atoms with E-state index in [9.17, 15) is 9.59 Å². The third-order valence-electron chi connectivity index (χ3n) is 5.49. The molecule has 0 aromatic carbocycles. The van der Waals surface area contributed by atoms with E-state index in [1.807, 2.05) is 28.1 Å². The molecule has 2 fully saturated rings. The minimum Gasteiger partial charge on any atom is -0.449 e. The molecule has 0 aliphatic carbocycles. The second-order valence-electron chi connectivity index (χ2n) is 7.60. The standard InChI is InChI=1S/C20H29N3O3/c1-2-3-12-26-19(25)22-11-5-8-20(15-22)9-7-18(24)23(16-20)14-17-6-4-10-21-13-17/h4,6,10,13H,2-3,5,7-9,11-12,14-16H2,1H3/t20-/m1/s1. The monoisotopic (exact) mass is 359 g/mol.